The Hall–Kier alpha value is -4.27. The number of fused-ring (bicyclic) bond motifs is 1. The molecule has 1 aromatic heterocycles. The van der Waals surface area contributed by atoms with E-state index in [9.17, 15) is 23.9 Å². The second kappa shape index (κ2) is 8.70. The van der Waals surface area contributed by atoms with Gasteiger partial charge in [0.1, 0.15) is 11.4 Å². The van der Waals surface area contributed by atoms with Crippen molar-refractivity contribution in [2.75, 3.05) is 13.6 Å². The number of rotatable bonds is 5. The monoisotopic (exact) mass is 448 g/mol. The molecule has 0 atom stereocenters. The van der Waals surface area contributed by atoms with Gasteiger partial charge in [0.2, 0.25) is 11.8 Å². The van der Waals surface area contributed by atoms with Gasteiger partial charge in [-0.15, -0.1) is 0 Å². The molecule has 1 aliphatic rings. The molecule has 1 aliphatic heterocycles. The quantitative estimate of drug-likeness (QED) is 0.609. The largest absolute Gasteiger partial charge is 0.494 e. The van der Waals surface area contributed by atoms with Crippen LogP contribution < -0.4 is 21.8 Å². The van der Waals surface area contributed by atoms with Gasteiger partial charge in [-0.2, -0.15) is 0 Å². The number of nitrogens with one attached hydrogen (secondary N) is 1. The fraction of sp³-hybridized carbons (Fsp3) is 0.167. The van der Waals surface area contributed by atoms with Gasteiger partial charge in [-0.25, -0.2) is 18.7 Å². The summed E-state index contributed by atoms with van der Waals surface area (Å²) in [4.78, 5) is 44.9. The van der Waals surface area contributed by atoms with E-state index in [1.807, 2.05) is 24.3 Å². The van der Waals surface area contributed by atoms with Crippen molar-refractivity contribution < 1.29 is 14.3 Å². The van der Waals surface area contributed by atoms with Crippen LogP contribution in [0.25, 0.3) is 17.3 Å². The SMILES string of the molecule is CC(=O)N(C)CCC1=c2ccccc2=N/C1=C\c1c(O)n(-c2ccc(F)cc2)c(=O)[nH]c1=O. The maximum absolute atomic E-state index is 13.3. The summed E-state index contributed by atoms with van der Waals surface area (Å²) in [5.74, 6) is -1.17. The summed E-state index contributed by atoms with van der Waals surface area (Å²) < 4.78 is 14.2. The highest BCUT2D eigenvalue weighted by molar-refractivity contribution is 5.77. The van der Waals surface area contributed by atoms with Crippen LogP contribution in [0.4, 0.5) is 4.39 Å². The van der Waals surface area contributed by atoms with Gasteiger partial charge in [-0.3, -0.25) is 14.6 Å². The summed E-state index contributed by atoms with van der Waals surface area (Å²) in [6.45, 7) is 1.91. The fourth-order valence-corrected chi connectivity index (χ4v) is 3.62. The summed E-state index contributed by atoms with van der Waals surface area (Å²) in [6, 6.07) is 12.3. The summed E-state index contributed by atoms with van der Waals surface area (Å²) in [6.07, 6.45) is 1.88. The molecule has 2 N–H and O–H groups in total. The molecule has 0 saturated heterocycles. The minimum Gasteiger partial charge on any atom is -0.494 e. The van der Waals surface area contributed by atoms with E-state index in [1.165, 1.54) is 25.1 Å². The molecule has 0 bridgehead atoms. The first-order chi connectivity index (χ1) is 15.8. The number of hydrogen-bond acceptors (Lipinski definition) is 5. The number of benzene rings is 2. The summed E-state index contributed by atoms with van der Waals surface area (Å²) in [5, 5.41) is 12.4. The van der Waals surface area contributed by atoms with Crippen LogP contribution in [-0.2, 0) is 4.79 Å². The third kappa shape index (κ3) is 4.25. The van der Waals surface area contributed by atoms with E-state index < -0.39 is 22.9 Å². The van der Waals surface area contributed by atoms with Crippen LogP contribution in [0.2, 0.25) is 0 Å². The molecule has 4 rings (SSSR count). The van der Waals surface area contributed by atoms with Gasteiger partial charge in [0.15, 0.2) is 0 Å². The zero-order valence-electron chi connectivity index (χ0n) is 18.0. The highest BCUT2D eigenvalue weighted by atomic mass is 19.1. The van der Waals surface area contributed by atoms with Gasteiger partial charge in [0.25, 0.3) is 5.56 Å². The molecule has 3 aromatic rings. The Kier molecular flexibility index (Phi) is 5.78. The van der Waals surface area contributed by atoms with Gasteiger partial charge in [0.05, 0.1) is 16.7 Å². The molecule has 9 heteroatoms. The van der Waals surface area contributed by atoms with E-state index in [1.54, 1.807) is 11.9 Å². The Balaban J connectivity index is 1.86. The van der Waals surface area contributed by atoms with Crippen LogP contribution >= 0.6 is 0 Å². The van der Waals surface area contributed by atoms with Crippen molar-refractivity contribution in [3.8, 4) is 11.6 Å². The smallest absolute Gasteiger partial charge is 0.335 e. The average Bonchev–Trinajstić information content (AvgIpc) is 3.13. The number of H-pyrrole nitrogens is 1. The van der Waals surface area contributed by atoms with Crippen molar-refractivity contribution in [1.29, 1.82) is 0 Å². The molecule has 0 unspecified atom stereocenters. The summed E-state index contributed by atoms with van der Waals surface area (Å²) >= 11 is 0. The van der Waals surface area contributed by atoms with E-state index in [2.05, 4.69) is 9.98 Å². The fourth-order valence-electron chi connectivity index (χ4n) is 3.62. The number of allylic oxidation sites excluding steroid dienone is 1. The molecule has 0 saturated carbocycles. The van der Waals surface area contributed by atoms with E-state index in [0.29, 0.717) is 24.0 Å². The van der Waals surface area contributed by atoms with Crippen molar-refractivity contribution in [2.45, 2.75) is 13.3 Å². The highest BCUT2D eigenvalue weighted by Gasteiger charge is 2.19. The van der Waals surface area contributed by atoms with Crippen molar-refractivity contribution in [3.63, 3.8) is 0 Å². The minimum atomic E-state index is -0.856. The van der Waals surface area contributed by atoms with Gasteiger partial charge in [-0.05, 0) is 48.4 Å². The Bertz CT molecular complexity index is 1520. The number of nitrogens with zero attached hydrogens (tertiary/aromatic N) is 3. The lowest BCUT2D eigenvalue weighted by atomic mass is 10.1. The standard InChI is InChI=1S/C24H21FN4O4/c1-14(30)28(2)12-11-18-17-5-3-4-6-20(17)26-21(18)13-19-22(31)27-24(33)29(23(19)32)16-9-7-15(25)8-10-16/h3-10,13,32H,11-12H2,1-2H3,(H,27,31,33)/b21-13-. The number of para-hydroxylation sites is 1. The van der Waals surface area contributed by atoms with Crippen LogP contribution in [0.1, 0.15) is 18.9 Å². The molecule has 168 valence electrons. The molecule has 2 aromatic carbocycles. The third-order valence-electron chi connectivity index (χ3n) is 5.50. The molecule has 8 nitrogen and oxygen atoms in total. The number of carbonyl (C=O) groups is 1. The molecule has 0 aliphatic carbocycles. The van der Waals surface area contributed by atoms with Gasteiger partial charge in [-0.1, -0.05) is 18.2 Å². The lowest BCUT2D eigenvalue weighted by molar-refractivity contribution is -0.127. The van der Waals surface area contributed by atoms with Crippen molar-refractivity contribution in [2.24, 2.45) is 4.99 Å². The molecule has 0 fully saturated rings. The summed E-state index contributed by atoms with van der Waals surface area (Å²) in [7, 11) is 1.69. The number of aromatic hydroxyl groups is 1. The van der Waals surface area contributed by atoms with Crippen LogP contribution in [0.3, 0.4) is 0 Å². The minimum absolute atomic E-state index is 0.0789. The van der Waals surface area contributed by atoms with Crippen molar-refractivity contribution in [1.82, 2.24) is 14.5 Å². The Morgan fingerprint density at radius 1 is 1.18 bits per heavy atom. The second-order valence-electron chi connectivity index (χ2n) is 7.64. The zero-order chi connectivity index (χ0) is 23.7. The van der Waals surface area contributed by atoms with Crippen molar-refractivity contribution in [3.05, 3.63) is 97.0 Å². The summed E-state index contributed by atoms with van der Waals surface area (Å²) in [5.41, 5.74) is -0.369. The molecule has 33 heavy (non-hydrogen) atoms. The lowest BCUT2D eigenvalue weighted by Gasteiger charge is -2.15. The van der Waals surface area contributed by atoms with Crippen LogP contribution in [0.15, 0.2) is 68.8 Å². The van der Waals surface area contributed by atoms with Gasteiger partial charge >= 0.3 is 5.69 Å². The highest BCUT2D eigenvalue weighted by Crippen LogP contribution is 2.24. The topological polar surface area (TPSA) is 108 Å². The first-order valence-electron chi connectivity index (χ1n) is 10.2. The normalized spacial score (nSPS) is 13.7. The second-order valence-corrected chi connectivity index (χ2v) is 7.64. The molecular weight excluding hydrogens is 427 g/mol. The lowest BCUT2D eigenvalue weighted by Crippen LogP contribution is -2.30. The number of halogens is 1. The van der Waals surface area contributed by atoms with Crippen LogP contribution in [0.5, 0.6) is 5.88 Å². The molecule has 0 spiro atoms. The zero-order valence-corrected chi connectivity index (χ0v) is 18.0. The van der Waals surface area contributed by atoms with Crippen LogP contribution in [0, 0.1) is 5.82 Å². The van der Waals surface area contributed by atoms with E-state index >= 15 is 0 Å². The van der Waals surface area contributed by atoms with Crippen LogP contribution in [-0.4, -0.2) is 39.1 Å². The maximum atomic E-state index is 13.3. The van der Waals surface area contributed by atoms with Gasteiger partial charge < -0.3 is 10.0 Å². The molecular formula is C24H21FN4O4. The third-order valence-corrected chi connectivity index (χ3v) is 5.50. The first kappa shape index (κ1) is 21.9. The molecule has 1 amide bonds. The number of aromatic amines is 1. The van der Waals surface area contributed by atoms with E-state index in [4.69, 9.17) is 0 Å². The van der Waals surface area contributed by atoms with E-state index in [-0.39, 0.29) is 17.2 Å². The first-order valence-corrected chi connectivity index (χ1v) is 10.2. The Labute approximate surface area is 187 Å². The van der Waals surface area contributed by atoms with Crippen molar-refractivity contribution >= 4 is 17.6 Å². The van der Waals surface area contributed by atoms with Gasteiger partial charge in [0, 0.05) is 25.7 Å². The number of carbonyl (C=O) groups excluding carboxylic acids is 1. The average molecular weight is 448 g/mol. The predicted molar refractivity (Wildman–Crippen MR) is 121 cm³/mol. The molecule has 0 radical (unpaired) electrons. The predicted octanol–water partition coefficient (Wildman–Crippen LogP) is 1.06. The Morgan fingerprint density at radius 3 is 2.58 bits per heavy atom. The Morgan fingerprint density at radius 2 is 1.88 bits per heavy atom. The number of hydrogen-bond donors (Lipinski definition) is 2. The maximum Gasteiger partial charge on any atom is 0.335 e. The van der Waals surface area contributed by atoms with E-state index in [0.717, 1.165) is 27.5 Å². The number of amides is 1. The molecule has 2 heterocycles. The number of aromatic nitrogens is 2.